The van der Waals surface area contributed by atoms with Gasteiger partial charge in [0.1, 0.15) is 6.54 Å². The second kappa shape index (κ2) is 5.60. The molecule has 0 radical (unpaired) electrons. The smallest absolute Gasteiger partial charge is 0.247 e. The van der Waals surface area contributed by atoms with Crippen LogP contribution >= 0.6 is 12.4 Å². The van der Waals surface area contributed by atoms with Gasteiger partial charge in [-0.15, -0.1) is 17.1 Å². The Kier molecular flexibility index (Phi) is 7.03. The second-order valence-electron chi connectivity index (χ2n) is 1.67. The average Bonchev–Trinajstić information content (AvgIpc) is 1.69. The Hall–Kier alpha value is -0.530. The maximum atomic E-state index is 6.72. The fourth-order valence-corrected chi connectivity index (χ4v) is 0.462. The molecule has 9 heavy (non-hydrogen) atoms. The van der Waals surface area contributed by atoms with Crippen LogP contribution < -0.4 is 0 Å². The van der Waals surface area contributed by atoms with Crippen LogP contribution in [0.3, 0.4) is 0 Å². The lowest BCUT2D eigenvalue weighted by molar-refractivity contribution is -0.671. The van der Waals surface area contributed by atoms with Crippen LogP contribution in [0.4, 0.5) is 0 Å². The van der Waals surface area contributed by atoms with Gasteiger partial charge < -0.3 is 0 Å². The van der Waals surface area contributed by atoms with E-state index in [9.17, 15) is 0 Å². The van der Waals surface area contributed by atoms with Gasteiger partial charge in [0.25, 0.3) is 0 Å². The van der Waals surface area contributed by atoms with Gasteiger partial charge in [0.2, 0.25) is 0 Å². The number of hydrogen-bond donors (Lipinski definition) is 1. The zero-order valence-electron chi connectivity index (χ0n) is 6.01. The highest BCUT2D eigenvalue weighted by Gasteiger charge is 1.93. The number of hydrogen-bond acceptors (Lipinski definition) is 2. The van der Waals surface area contributed by atoms with Crippen LogP contribution in [0, 0.1) is 5.41 Å². The van der Waals surface area contributed by atoms with Crippen LogP contribution in [0.5, 0.6) is 0 Å². The van der Waals surface area contributed by atoms with Gasteiger partial charge in [-0.3, -0.25) is 0 Å². The summed E-state index contributed by atoms with van der Waals surface area (Å²) in [5.74, 6) is 0. The van der Waals surface area contributed by atoms with E-state index in [-0.39, 0.29) is 12.4 Å². The van der Waals surface area contributed by atoms with Crippen molar-refractivity contribution in [2.24, 2.45) is 0 Å². The minimum Gasteiger partial charge on any atom is -0.247 e. The third-order valence-electron chi connectivity index (χ3n) is 0.911. The molecule has 0 atom stereocenters. The summed E-state index contributed by atoms with van der Waals surface area (Å²) >= 11 is 0. The Bertz CT molecular complexity index is 115. The van der Waals surface area contributed by atoms with Crippen molar-refractivity contribution in [3.05, 3.63) is 0 Å². The molecular weight excluding hydrogens is 138 g/mol. The molecule has 0 fully saturated rings. The SMILES string of the molecule is CC[N+](=C=N)N(C)C.Cl. The van der Waals surface area contributed by atoms with E-state index in [1.165, 1.54) is 0 Å². The molecule has 0 aromatic rings. The first-order chi connectivity index (χ1) is 3.72. The first-order valence-electron chi connectivity index (χ1n) is 2.59. The van der Waals surface area contributed by atoms with Gasteiger partial charge >= 0.3 is 6.01 Å². The van der Waals surface area contributed by atoms with Crippen LogP contribution in [0.2, 0.25) is 0 Å². The second-order valence-corrected chi connectivity index (χ2v) is 1.67. The van der Waals surface area contributed by atoms with E-state index >= 15 is 0 Å². The monoisotopic (exact) mass is 150 g/mol. The number of rotatable bonds is 2. The molecule has 0 unspecified atom stereocenters. The topological polar surface area (TPSA) is 30.1 Å². The molecule has 0 rings (SSSR count). The lowest BCUT2D eigenvalue weighted by Crippen LogP contribution is -2.26. The largest absolute Gasteiger partial charge is 0.329 e. The molecule has 54 valence electrons. The molecule has 4 heteroatoms. The average molecular weight is 151 g/mol. The van der Waals surface area contributed by atoms with Gasteiger partial charge in [0, 0.05) is 14.1 Å². The zero-order chi connectivity index (χ0) is 6.57. The summed E-state index contributed by atoms with van der Waals surface area (Å²) in [6.07, 6.45) is 0. The summed E-state index contributed by atoms with van der Waals surface area (Å²) in [5, 5.41) is 8.54. The molecule has 1 N–H and O–H groups in total. The number of nitrogens with one attached hydrogen (secondary N) is 1. The first kappa shape index (κ1) is 11.3. The third kappa shape index (κ3) is 4.01. The number of halogens is 1. The highest BCUT2D eigenvalue weighted by molar-refractivity contribution is 5.85. The molecule has 0 heterocycles. The highest BCUT2D eigenvalue weighted by atomic mass is 35.5. The van der Waals surface area contributed by atoms with Gasteiger partial charge in [-0.05, 0) is 6.92 Å². The fraction of sp³-hybridized carbons (Fsp3) is 0.800. The van der Waals surface area contributed by atoms with Gasteiger partial charge in [-0.25, -0.2) is 5.01 Å². The van der Waals surface area contributed by atoms with Crippen molar-refractivity contribution in [1.29, 1.82) is 5.41 Å². The van der Waals surface area contributed by atoms with E-state index in [2.05, 4.69) is 6.01 Å². The van der Waals surface area contributed by atoms with E-state index in [1.54, 1.807) is 4.68 Å². The first-order valence-corrected chi connectivity index (χ1v) is 2.59. The van der Waals surface area contributed by atoms with Gasteiger partial charge in [-0.1, -0.05) is 5.41 Å². The summed E-state index contributed by atoms with van der Waals surface area (Å²) in [7, 11) is 3.76. The number of hydrazine groups is 1. The Morgan fingerprint density at radius 1 is 1.56 bits per heavy atom. The molecule has 0 saturated heterocycles. The van der Waals surface area contributed by atoms with Crippen LogP contribution in [-0.2, 0) is 0 Å². The van der Waals surface area contributed by atoms with Crippen molar-refractivity contribution in [2.45, 2.75) is 6.92 Å². The van der Waals surface area contributed by atoms with Crippen molar-refractivity contribution in [2.75, 3.05) is 20.6 Å². The molecule has 3 nitrogen and oxygen atoms in total. The predicted molar refractivity (Wildman–Crippen MR) is 39.5 cm³/mol. The molecule has 0 aliphatic rings. The molecule has 0 amide bonds. The molecule has 0 spiro atoms. The molecular formula is C5H13ClN3+. The van der Waals surface area contributed by atoms with E-state index in [4.69, 9.17) is 5.41 Å². The Labute approximate surface area is 61.9 Å². The minimum absolute atomic E-state index is 0. The lowest BCUT2D eigenvalue weighted by Gasteiger charge is -2.07. The summed E-state index contributed by atoms with van der Waals surface area (Å²) < 4.78 is 1.67. The van der Waals surface area contributed by atoms with Crippen LogP contribution in [0.15, 0.2) is 0 Å². The quantitative estimate of drug-likeness (QED) is 0.350. The van der Waals surface area contributed by atoms with Crippen molar-refractivity contribution in [1.82, 2.24) is 5.01 Å². The van der Waals surface area contributed by atoms with Gasteiger partial charge in [0.05, 0.1) is 0 Å². The molecule has 0 aromatic carbocycles. The highest BCUT2D eigenvalue weighted by Crippen LogP contribution is 1.73. The lowest BCUT2D eigenvalue weighted by atomic mass is 10.8. The maximum absolute atomic E-state index is 6.72. The van der Waals surface area contributed by atoms with Crippen molar-refractivity contribution < 1.29 is 4.68 Å². The zero-order valence-corrected chi connectivity index (χ0v) is 6.83. The van der Waals surface area contributed by atoms with Crippen LogP contribution in [-0.4, -0.2) is 36.3 Å². The number of nitrogens with zero attached hydrogens (tertiary/aromatic N) is 2. The van der Waals surface area contributed by atoms with Crippen LogP contribution in [0.25, 0.3) is 0 Å². The van der Waals surface area contributed by atoms with E-state index in [0.29, 0.717) is 0 Å². The minimum atomic E-state index is 0. The standard InChI is InChI=1S/C5H12N3.ClH/c1-4-8(5-6)7(2)3;/h6H,4H2,1-3H3;1H/q+1;. The van der Waals surface area contributed by atoms with E-state index in [0.717, 1.165) is 6.54 Å². The normalized spacial score (nSPS) is 7.00. The molecule has 0 aliphatic carbocycles. The molecule has 0 saturated carbocycles. The van der Waals surface area contributed by atoms with Crippen molar-refractivity contribution >= 4 is 18.4 Å². The van der Waals surface area contributed by atoms with Crippen molar-refractivity contribution in [3.63, 3.8) is 0 Å². The maximum Gasteiger partial charge on any atom is 0.329 e. The Morgan fingerprint density at radius 2 is 2.00 bits per heavy atom. The number of hydrazone groups is 1. The molecule has 0 aromatic heterocycles. The Balaban J connectivity index is 0. The van der Waals surface area contributed by atoms with Gasteiger partial charge in [0.15, 0.2) is 0 Å². The molecule has 0 bridgehead atoms. The summed E-state index contributed by atoms with van der Waals surface area (Å²) in [5.41, 5.74) is 0. The molecule has 0 aliphatic heterocycles. The van der Waals surface area contributed by atoms with Gasteiger partial charge in [-0.2, -0.15) is 0 Å². The summed E-state index contributed by atoms with van der Waals surface area (Å²) in [6.45, 7) is 2.78. The fourth-order valence-electron chi connectivity index (χ4n) is 0.462. The van der Waals surface area contributed by atoms with Crippen LogP contribution in [0.1, 0.15) is 6.92 Å². The third-order valence-corrected chi connectivity index (χ3v) is 0.911. The van der Waals surface area contributed by atoms with Crippen molar-refractivity contribution in [3.8, 4) is 0 Å². The summed E-state index contributed by atoms with van der Waals surface area (Å²) in [4.78, 5) is 0. The predicted octanol–water partition coefficient (Wildman–Crippen LogP) is 0.670. The Morgan fingerprint density at radius 3 is 2.00 bits per heavy atom. The van der Waals surface area contributed by atoms with E-state index in [1.807, 2.05) is 26.0 Å². The van der Waals surface area contributed by atoms with E-state index < -0.39 is 0 Å². The summed E-state index contributed by atoms with van der Waals surface area (Å²) in [6, 6.07) is 2.26.